The predicted octanol–water partition coefficient (Wildman–Crippen LogP) is 3.35. The summed E-state index contributed by atoms with van der Waals surface area (Å²) >= 11 is 0. The molecule has 0 saturated heterocycles. The average molecular weight is 303 g/mol. The molecule has 112 valence electrons. The molecule has 5 nitrogen and oxygen atoms in total. The zero-order chi connectivity index (χ0) is 15.8. The lowest BCUT2D eigenvalue weighted by atomic mass is 10.1. The molecule has 0 radical (unpaired) electrons. The van der Waals surface area contributed by atoms with Gasteiger partial charge in [-0.3, -0.25) is 4.79 Å². The van der Waals surface area contributed by atoms with Crippen LogP contribution in [0.2, 0.25) is 0 Å². The van der Waals surface area contributed by atoms with Gasteiger partial charge < -0.3 is 4.52 Å². The second-order valence-electron chi connectivity index (χ2n) is 5.24. The zero-order valence-corrected chi connectivity index (χ0v) is 12.4. The van der Waals surface area contributed by atoms with Gasteiger partial charge in [0.2, 0.25) is 5.58 Å². The van der Waals surface area contributed by atoms with Crippen molar-refractivity contribution in [2.24, 2.45) is 0 Å². The van der Waals surface area contributed by atoms with Crippen molar-refractivity contribution in [1.29, 1.82) is 0 Å². The van der Waals surface area contributed by atoms with Gasteiger partial charge >= 0.3 is 0 Å². The molecule has 4 rings (SSSR count). The number of benzene rings is 2. The maximum Gasteiger partial charge on any atom is 0.284 e. The highest BCUT2D eigenvalue weighted by molar-refractivity contribution is 5.90. The Kier molecular flexibility index (Phi) is 3.05. The number of nitrogens with zero attached hydrogens (tertiary/aromatic N) is 3. The number of rotatable bonds is 2. The van der Waals surface area contributed by atoms with Crippen LogP contribution >= 0.6 is 0 Å². The normalized spacial score (nSPS) is 11.0. The van der Waals surface area contributed by atoms with Gasteiger partial charge in [-0.2, -0.15) is 9.78 Å². The molecule has 0 saturated carbocycles. The number of para-hydroxylation sites is 1. The van der Waals surface area contributed by atoms with E-state index in [9.17, 15) is 4.79 Å². The molecule has 0 N–H and O–H groups in total. The number of fused-ring (bicyclic) bond motifs is 1. The zero-order valence-electron chi connectivity index (χ0n) is 12.4. The lowest BCUT2D eigenvalue weighted by molar-refractivity contribution is 0.450. The molecule has 2 aromatic heterocycles. The summed E-state index contributed by atoms with van der Waals surface area (Å²) in [5.41, 5.74) is 2.94. The smallest absolute Gasteiger partial charge is 0.284 e. The third-order valence-electron chi connectivity index (χ3n) is 3.73. The number of hydrogen-bond donors (Lipinski definition) is 0. The lowest BCUT2D eigenvalue weighted by Gasteiger charge is -2.08. The van der Waals surface area contributed by atoms with E-state index >= 15 is 0 Å². The summed E-state index contributed by atoms with van der Waals surface area (Å²) in [6.07, 6.45) is 0. The van der Waals surface area contributed by atoms with Crippen LogP contribution < -0.4 is 5.56 Å². The van der Waals surface area contributed by atoms with Gasteiger partial charge in [0.25, 0.3) is 5.56 Å². The Morgan fingerprint density at radius 1 is 0.957 bits per heavy atom. The fourth-order valence-corrected chi connectivity index (χ4v) is 2.61. The third-order valence-corrected chi connectivity index (χ3v) is 3.73. The van der Waals surface area contributed by atoms with Gasteiger partial charge in [-0.15, -0.1) is 0 Å². The summed E-state index contributed by atoms with van der Waals surface area (Å²) in [7, 11) is 0. The first-order chi connectivity index (χ1) is 11.3. The molecule has 0 bridgehead atoms. The van der Waals surface area contributed by atoms with E-state index in [1.165, 1.54) is 4.68 Å². The quantitative estimate of drug-likeness (QED) is 0.570. The summed E-state index contributed by atoms with van der Waals surface area (Å²) in [6.45, 7) is 1.76. The maximum atomic E-state index is 12.8. The van der Waals surface area contributed by atoms with Crippen LogP contribution in [0, 0.1) is 6.92 Å². The van der Waals surface area contributed by atoms with E-state index in [2.05, 4.69) is 10.3 Å². The van der Waals surface area contributed by atoms with Crippen molar-refractivity contribution in [1.82, 2.24) is 14.9 Å². The number of hydrogen-bond acceptors (Lipinski definition) is 4. The molecule has 23 heavy (non-hydrogen) atoms. The summed E-state index contributed by atoms with van der Waals surface area (Å²) in [5, 5.41) is 8.93. The molecule has 0 aliphatic carbocycles. The molecule has 5 heteroatoms. The number of aromatic nitrogens is 3. The van der Waals surface area contributed by atoms with Crippen molar-refractivity contribution < 1.29 is 4.52 Å². The third kappa shape index (κ3) is 2.14. The van der Waals surface area contributed by atoms with Crippen molar-refractivity contribution in [3.63, 3.8) is 0 Å². The molecule has 0 spiro atoms. The van der Waals surface area contributed by atoms with Gasteiger partial charge in [-0.1, -0.05) is 53.7 Å². The monoisotopic (exact) mass is 303 g/mol. The van der Waals surface area contributed by atoms with Gasteiger partial charge in [0, 0.05) is 5.56 Å². The Bertz CT molecular complexity index is 1030. The van der Waals surface area contributed by atoms with Crippen LogP contribution in [0.1, 0.15) is 5.69 Å². The molecular weight excluding hydrogens is 290 g/mol. The highest BCUT2D eigenvalue weighted by Gasteiger charge is 2.19. The van der Waals surface area contributed by atoms with E-state index in [1.807, 2.05) is 60.7 Å². The number of aryl methyl sites for hydroxylation is 1. The van der Waals surface area contributed by atoms with Gasteiger partial charge in [0.05, 0.1) is 11.4 Å². The van der Waals surface area contributed by atoms with Crippen molar-refractivity contribution >= 4 is 11.0 Å². The largest absolute Gasteiger partial charge is 0.353 e. The van der Waals surface area contributed by atoms with Gasteiger partial charge in [0.15, 0.2) is 0 Å². The van der Waals surface area contributed by atoms with E-state index in [4.69, 9.17) is 4.52 Å². The van der Waals surface area contributed by atoms with E-state index in [0.29, 0.717) is 28.0 Å². The Hall–Kier alpha value is -3.21. The van der Waals surface area contributed by atoms with Crippen molar-refractivity contribution in [3.8, 4) is 16.9 Å². The van der Waals surface area contributed by atoms with Crippen LogP contribution in [-0.4, -0.2) is 14.9 Å². The van der Waals surface area contributed by atoms with Crippen LogP contribution in [-0.2, 0) is 0 Å². The Morgan fingerprint density at radius 2 is 1.61 bits per heavy atom. The second-order valence-corrected chi connectivity index (χ2v) is 5.24. The fraction of sp³-hybridized carbons (Fsp3) is 0.0556. The van der Waals surface area contributed by atoms with Gasteiger partial charge in [0.1, 0.15) is 11.1 Å². The molecular formula is C18H13N3O2. The molecule has 0 aliphatic rings. The average Bonchev–Trinajstić information content (AvgIpc) is 2.99. The maximum absolute atomic E-state index is 12.8. The topological polar surface area (TPSA) is 60.9 Å². The highest BCUT2D eigenvalue weighted by Crippen LogP contribution is 2.26. The van der Waals surface area contributed by atoms with Crippen LogP contribution in [0.3, 0.4) is 0 Å². The Labute approximate surface area is 131 Å². The molecule has 0 unspecified atom stereocenters. The minimum Gasteiger partial charge on any atom is -0.353 e. The van der Waals surface area contributed by atoms with Gasteiger partial charge in [-0.05, 0) is 19.1 Å². The van der Waals surface area contributed by atoms with Crippen LogP contribution in [0.25, 0.3) is 27.9 Å². The van der Waals surface area contributed by atoms with Gasteiger partial charge in [-0.25, -0.2) is 0 Å². The first-order valence-corrected chi connectivity index (χ1v) is 7.26. The minimum absolute atomic E-state index is 0.232. The van der Waals surface area contributed by atoms with Crippen molar-refractivity contribution in [2.45, 2.75) is 6.92 Å². The van der Waals surface area contributed by atoms with Crippen LogP contribution in [0.4, 0.5) is 0 Å². The van der Waals surface area contributed by atoms with E-state index in [0.717, 1.165) is 5.56 Å². The summed E-state index contributed by atoms with van der Waals surface area (Å²) < 4.78 is 6.78. The standard InChI is InChI=1S/C18H13N3O2/c1-12-15-17(23-20-12)16(13-8-4-2-5-9-13)19-21(18(15)22)14-10-6-3-7-11-14/h2-11H,1H3. The molecule has 0 amide bonds. The molecule has 0 atom stereocenters. The molecule has 2 aromatic carbocycles. The minimum atomic E-state index is -0.232. The van der Waals surface area contributed by atoms with Crippen molar-refractivity contribution in [2.75, 3.05) is 0 Å². The summed E-state index contributed by atoms with van der Waals surface area (Å²) in [4.78, 5) is 12.8. The highest BCUT2D eigenvalue weighted by atomic mass is 16.5. The van der Waals surface area contributed by atoms with Crippen molar-refractivity contribution in [3.05, 3.63) is 76.7 Å². The molecule has 0 fully saturated rings. The summed E-state index contributed by atoms with van der Waals surface area (Å²) in [5.74, 6) is 0. The van der Waals surface area contributed by atoms with Crippen LogP contribution in [0.5, 0.6) is 0 Å². The Morgan fingerprint density at radius 3 is 2.30 bits per heavy atom. The second kappa shape index (κ2) is 5.21. The first-order valence-electron chi connectivity index (χ1n) is 7.26. The molecule has 4 aromatic rings. The molecule has 0 aliphatic heterocycles. The predicted molar refractivity (Wildman–Crippen MR) is 87.6 cm³/mol. The van der Waals surface area contributed by atoms with E-state index in [-0.39, 0.29) is 5.56 Å². The van der Waals surface area contributed by atoms with Crippen LogP contribution in [0.15, 0.2) is 70.0 Å². The first kappa shape index (κ1) is 13.5. The SMILES string of the molecule is Cc1noc2c(-c3ccccc3)nn(-c3ccccc3)c(=O)c12. The Balaban J connectivity index is 2.12. The molecule has 2 heterocycles. The summed E-state index contributed by atoms with van der Waals surface area (Å²) in [6, 6.07) is 19.0. The van der Waals surface area contributed by atoms with E-state index < -0.39 is 0 Å². The van der Waals surface area contributed by atoms with E-state index in [1.54, 1.807) is 6.92 Å². The fourth-order valence-electron chi connectivity index (χ4n) is 2.61. The lowest BCUT2D eigenvalue weighted by Crippen LogP contribution is -2.22.